The van der Waals surface area contributed by atoms with E-state index in [0.717, 1.165) is 44.1 Å². The van der Waals surface area contributed by atoms with E-state index in [1.165, 1.54) is 0 Å². The molecule has 2 heterocycles. The second-order valence-electron chi connectivity index (χ2n) is 4.14. The molecule has 0 amide bonds. The van der Waals surface area contributed by atoms with Gasteiger partial charge >= 0.3 is 0 Å². The average molecular weight is 248 g/mol. The Morgan fingerprint density at radius 2 is 2.17 bits per heavy atom. The first kappa shape index (κ1) is 12.8. The fraction of sp³-hybridized carbons (Fsp3) is 0.583. The van der Waals surface area contributed by atoms with E-state index < -0.39 is 0 Å². The van der Waals surface area contributed by atoms with Gasteiger partial charge in [-0.1, -0.05) is 19.1 Å². The molecular formula is C12H20N6. The Balaban J connectivity index is 1.88. The standard InChI is InChI=1S/C12H20N6/c1-3-12-14-5-6-17(12)7-8-18-10-11(15-16-18)9-13-4-2/h5-6,10,13H,3-4,7-9H2,1-2H3. The lowest BCUT2D eigenvalue weighted by atomic mass is 10.4. The number of nitrogens with zero attached hydrogens (tertiary/aromatic N) is 5. The molecule has 6 heteroatoms. The molecule has 98 valence electrons. The van der Waals surface area contributed by atoms with Crippen LogP contribution in [0.15, 0.2) is 18.6 Å². The van der Waals surface area contributed by atoms with E-state index in [2.05, 4.69) is 39.0 Å². The molecule has 2 aromatic heterocycles. The highest BCUT2D eigenvalue weighted by atomic mass is 15.4. The molecule has 2 rings (SSSR count). The highest BCUT2D eigenvalue weighted by Gasteiger charge is 2.02. The number of imidazole rings is 1. The van der Waals surface area contributed by atoms with Gasteiger partial charge in [0.2, 0.25) is 0 Å². The minimum absolute atomic E-state index is 0.780. The maximum atomic E-state index is 4.30. The van der Waals surface area contributed by atoms with E-state index in [4.69, 9.17) is 0 Å². The first-order chi connectivity index (χ1) is 8.83. The van der Waals surface area contributed by atoms with Crippen molar-refractivity contribution in [1.82, 2.24) is 29.9 Å². The molecule has 0 radical (unpaired) electrons. The maximum absolute atomic E-state index is 4.30. The number of nitrogens with one attached hydrogen (secondary N) is 1. The van der Waals surface area contributed by atoms with Crippen molar-refractivity contribution in [3.8, 4) is 0 Å². The Kier molecular flexibility index (Phi) is 4.46. The van der Waals surface area contributed by atoms with E-state index >= 15 is 0 Å². The quantitative estimate of drug-likeness (QED) is 0.789. The summed E-state index contributed by atoms with van der Waals surface area (Å²) >= 11 is 0. The zero-order chi connectivity index (χ0) is 12.8. The molecule has 0 bridgehead atoms. The van der Waals surface area contributed by atoms with E-state index in [9.17, 15) is 0 Å². The third-order valence-corrected chi connectivity index (χ3v) is 2.83. The van der Waals surface area contributed by atoms with Crippen LogP contribution in [0.4, 0.5) is 0 Å². The molecule has 0 atom stereocenters. The molecule has 0 saturated carbocycles. The molecule has 1 N–H and O–H groups in total. The van der Waals surface area contributed by atoms with Crippen LogP contribution in [0.5, 0.6) is 0 Å². The molecule has 0 saturated heterocycles. The van der Waals surface area contributed by atoms with Crippen molar-refractivity contribution in [2.45, 2.75) is 39.9 Å². The van der Waals surface area contributed by atoms with Gasteiger partial charge in [-0.25, -0.2) is 4.98 Å². The highest BCUT2D eigenvalue weighted by molar-refractivity contribution is 4.93. The molecule has 0 aliphatic heterocycles. The van der Waals surface area contributed by atoms with Gasteiger partial charge in [0.25, 0.3) is 0 Å². The molecular weight excluding hydrogens is 228 g/mol. The SMILES string of the molecule is CCNCc1cn(CCn2ccnc2CC)nn1. The second kappa shape index (κ2) is 6.30. The fourth-order valence-electron chi connectivity index (χ4n) is 1.85. The first-order valence-electron chi connectivity index (χ1n) is 6.43. The van der Waals surface area contributed by atoms with Crippen molar-refractivity contribution < 1.29 is 0 Å². The Bertz CT molecular complexity index is 472. The van der Waals surface area contributed by atoms with Gasteiger partial charge in [0.05, 0.1) is 12.2 Å². The van der Waals surface area contributed by atoms with Crippen molar-refractivity contribution >= 4 is 0 Å². The predicted octanol–water partition coefficient (Wildman–Crippen LogP) is 0.847. The van der Waals surface area contributed by atoms with Crippen LogP contribution in [-0.4, -0.2) is 31.1 Å². The van der Waals surface area contributed by atoms with Gasteiger partial charge < -0.3 is 9.88 Å². The molecule has 0 fully saturated rings. The topological polar surface area (TPSA) is 60.6 Å². The fourth-order valence-corrected chi connectivity index (χ4v) is 1.85. The van der Waals surface area contributed by atoms with Gasteiger partial charge in [0, 0.05) is 38.1 Å². The summed E-state index contributed by atoms with van der Waals surface area (Å²) in [7, 11) is 0. The number of hydrogen-bond acceptors (Lipinski definition) is 4. The van der Waals surface area contributed by atoms with Gasteiger partial charge in [-0.15, -0.1) is 5.10 Å². The van der Waals surface area contributed by atoms with Crippen molar-refractivity contribution in [2.24, 2.45) is 0 Å². The Hall–Kier alpha value is -1.69. The molecule has 0 unspecified atom stereocenters. The summed E-state index contributed by atoms with van der Waals surface area (Å²) in [6, 6.07) is 0. The lowest BCUT2D eigenvalue weighted by molar-refractivity contribution is 0.509. The van der Waals surface area contributed by atoms with Crippen LogP contribution in [0.3, 0.4) is 0 Å². The molecule has 0 aliphatic carbocycles. The lowest BCUT2D eigenvalue weighted by Gasteiger charge is -2.05. The predicted molar refractivity (Wildman–Crippen MR) is 69.0 cm³/mol. The monoisotopic (exact) mass is 248 g/mol. The lowest BCUT2D eigenvalue weighted by Crippen LogP contribution is -2.12. The van der Waals surface area contributed by atoms with Crippen LogP contribution in [0.25, 0.3) is 0 Å². The summed E-state index contributed by atoms with van der Waals surface area (Å²) in [5, 5.41) is 11.5. The largest absolute Gasteiger partial charge is 0.333 e. The third kappa shape index (κ3) is 3.16. The zero-order valence-corrected chi connectivity index (χ0v) is 11.0. The van der Waals surface area contributed by atoms with E-state index in [-0.39, 0.29) is 0 Å². The molecule has 2 aromatic rings. The molecule has 6 nitrogen and oxygen atoms in total. The van der Waals surface area contributed by atoms with Crippen LogP contribution in [-0.2, 0) is 26.1 Å². The van der Waals surface area contributed by atoms with E-state index in [1.807, 2.05) is 23.3 Å². The van der Waals surface area contributed by atoms with Crippen molar-refractivity contribution in [3.05, 3.63) is 30.1 Å². The third-order valence-electron chi connectivity index (χ3n) is 2.83. The number of aryl methyl sites for hydroxylation is 3. The van der Waals surface area contributed by atoms with Crippen LogP contribution in [0, 0.1) is 0 Å². The summed E-state index contributed by atoms with van der Waals surface area (Å²) in [6.07, 6.45) is 6.80. The summed E-state index contributed by atoms with van der Waals surface area (Å²) in [5.74, 6) is 1.11. The molecule has 0 aliphatic rings. The Labute approximate surface area is 107 Å². The minimum atomic E-state index is 0.780. The Morgan fingerprint density at radius 3 is 2.94 bits per heavy atom. The molecule has 0 spiro atoms. The number of rotatable bonds is 7. The number of aromatic nitrogens is 5. The minimum Gasteiger partial charge on any atom is -0.333 e. The van der Waals surface area contributed by atoms with E-state index in [1.54, 1.807) is 0 Å². The maximum Gasteiger partial charge on any atom is 0.108 e. The van der Waals surface area contributed by atoms with Crippen molar-refractivity contribution in [1.29, 1.82) is 0 Å². The van der Waals surface area contributed by atoms with Crippen LogP contribution < -0.4 is 5.32 Å². The highest BCUT2D eigenvalue weighted by Crippen LogP contribution is 2.00. The smallest absolute Gasteiger partial charge is 0.108 e. The van der Waals surface area contributed by atoms with Crippen LogP contribution >= 0.6 is 0 Å². The van der Waals surface area contributed by atoms with Gasteiger partial charge in [-0.05, 0) is 6.54 Å². The van der Waals surface area contributed by atoms with Gasteiger partial charge in [0.1, 0.15) is 5.82 Å². The van der Waals surface area contributed by atoms with Crippen LogP contribution in [0.2, 0.25) is 0 Å². The summed E-state index contributed by atoms with van der Waals surface area (Å²) in [6.45, 7) is 7.62. The van der Waals surface area contributed by atoms with Gasteiger partial charge in [-0.2, -0.15) is 0 Å². The number of hydrogen-bond donors (Lipinski definition) is 1. The Morgan fingerprint density at radius 1 is 1.28 bits per heavy atom. The summed E-state index contributed by atoms with van der Waals surface area (Å²) < 4.78 is 4.04. The normalized spacial score (nSPS) is 11.0. The molecule has 18 heavy (non-hydrogen) atoms. The van der Waals surface area contributed by atoms with Crippen molar-refractivity contribution in [2.75, 3.05) is 6.54 Å². The van der Waals surface area contributed by atoms with E-state index in [0.29, 0.717) is 0 Å². The van der Waals surface area contributed by atoms with Crippen LogP contribution in [0.1, 0.15) is 25.4 Å². The molecule has 0 aromatic carbocycles. The van der Waals surface area contributed by atoms with Crippen molar-refractivity contribution in [3.63, 3.8) is 0 Å². The summed E-state index contributed by atoms with van der Waals surface area (Å²) in [5.41, 5.74) is 0.984. The first-order valence-corrected chi connectivity index (χ1v) is 6.43. The summed E-state index contributed by atoms with van der Waals surface area (Å²) in [4.78, 5) is 4.30. The van der Waals surface area contributed by atoms with Gasteiger partial charge in [-0.3, -0.25) is 4.68 Å². The average Bonchev–Trinajstić information content (AvgIpc) is 3.02. The zero-order valence-electron chi connectivity index (χ0n) is 11.0. The second-order valence-corrected chi connectivity index (χ2v) is 4.14. The van der Waals surface area contributed by atoms with Gasteiger partial charge in [0.15, 0.2) is 0 Å².